The molecule has 0 aliphatic carbocycles. The van der Waals surface area contributed by atoms with Gasteiger partial charge in [0.05, 0.1) is 0 Å². The predicted octanol–water partition coefficient (Wildman–Crippen LogP) is -1.11. The molecule has 2 aliphatic heterocycles. The van der Waals surface area contributed by atoms with Crippen molar-refractivity contribution < 1.29 is 4.79 Å². The van der Waals surface area contributed by atoms with Gasteiger partial charge in [-0.05, 0) is 0 Å². The Morgan fingerprint density at radius 2 is 2.46 bits per heavy atom. The fraction of sp³-hybridized carbons (Fsp3) is 0.167. The highest BCUT2D eigenvalue weighted by Crippen LogP contribution is 2.15. The van der Waals surface area contributed by atoms with Crippen LogP contribution in [0.25, 0.3) is 0 Å². The number of hydrogen-bond acceptors (Lipinski definition) is 5. The molecule has 3 rings (SSSR count). The summed E-state index contributed by atoms with van der Waals surface area (Å²) in [4.78, 5) is 23.0. The fourth-order valence-electron chi connectivity index (χ4n) is 1.32. The van der Waals surface area contributed by atoms with E-state index in [0.717, 1.165) is 0 Å². The molecule has 7 nitrogen and oxygen atoms in total. The van der Waals surface area contributed by atoms with Crippen molar-refractivity contribution in [3.8, 4) is 0 Å². The summed E-state index contributed by atoms with van der Waals surface area (Å²) in [6.07, 6.45) is 2.72. The first-order chi connectivity index (χ1) is 6.36. The van der Waals surface area contributed by atoms with Crippen LogP contribution in [0, 0.1) is 0 Å². The molecule has 1 aromatic heterocycles. The maximum Gasteiger partial charge on any atom is 0.259 e. The highest BCUT2D eigenvalue weighted by molar-refractivity contribution is 6.19. The molecule has 1 amide bonds. The van der Waals surface area contributed by atoms with Crippen molar-refractivity contribution in [2.75, 3.05) is 5.32 Å². The van der Waals surface area contributed by atoms with Gasteiger partial charge >= 0.3 is 0 Å². The van der Waals surface area contributed by atoms with E-state index in [1.807, 2.05) is 0 Å². The van der Waals surface area contributed by atoms with Gasteiger partial charge in [-0.25, -0.2) is 4.99 Å². The van der Waals surface area contributed by atoms with E-state index in [-0.39, 0.29) is 5.91 Å². The molecule has 0 bridgehead atoms. The maximum atomic E-state index is 11.3. The number of fused-ring (bicyclic) bond motifs is 3. The number of carbonyl (C=O) groups is 1. The second-order valence-corrected chi connectivity index (χ2v) is 2.64. The average molecular weight is 176 g/mol. The number of amides is 1. The summed E-state index contributed by atoms with van der Waals surface area (Å²) in [6, 6.07) is -0.561. The molecule has 13 heavy (non-hydrogen) atoms. The number of aliphatic imine (C=N–C) groups is 2. The zero-order valence-electron chi connectivity index (χ0n) is 6.38. The van der Waals surface area contributed by atoms with E-state index < -0.39 is 6.04 Å². The number of carbonyl (C=O) groups excluding carboxylic acids is 1. The molecule has 0 saturated heterocycles. The molecule has 3 heterocycles. The van der Waals surface area contributed by atoms with Gasteiger partial charge in [0, 0.05) is 0 Å². The summed E-state index contributed by atoms with van der Waals surface area (Å²) >= 11 is 0. The van der Waals surface area contributed by atoms with Gasteiger partial charge in [0.2, 0.25) is 5.95 Å². The molecular formula is C6H4N6O. The first-order valence-corrected chi connectivity index (χ1v) is 3.67. The van der Waals surface area contributed by atoms with E-state index in [4.69, 9.17) is 0 Å². The normalized spacial score (nSPS) is 23.5. The average Bonchev–Trinajstić information content (AvgIpc) is 2.66. The molecular weight excluding hydrogens is 172 g/mol. The van der Waals surface area contributed by atoms with Gasteiger partial charge in [0.25, 0.3) is 5.91 Å². The van der Waals surface area contributed by atoms with Crippen molar-refractivity contribution >= 4 is 24.0 Å². The zero-order chi connectivity index (χ0) is 8.84. The first-order valence-electron chi connectivity index (χ1n) is 3.67. The van der Waals surface area contributed by atoms with E-state index in [1.165, 1.54) is 17.3 Å². The van der Waals surface area contributed by atoms with Crippen LogP contribution < -0.4 is 5.32 Å². The Bertz CT molecular complexity index is 444. The summed E-state index contributed by atoms with van der Waals surface area (Å²) in [5, 5.41) is 6.48. The number of anilines is 1. The monoisotopic (exact) mass is 176 g/mol. The Balaban J connectivity index is 2.23. The van der Waals surface area contributed by atoms with Crippen LogP contribution in [0.15, 0.2) is 16.3 Å². The van der Waals surface area contributed by atoms with E-state index in [0.29, 0.717) is 11.8 Å². The van der Waals surface area contributed by atoms with E-state index >= 15 is 0 Å². The lowest BCUT2D eigenvalue weighted by Crippen LogP contribution is -2.42. The Labute approximate surface area is 72.2 Å². The quantitative estimate of drug-likeness (QED) is 0.543. The van der Waals surface area contributed by atoms with Gasteiger partial charge in [0.1, 0.15) is 12.7 Å². The van der Waals surface area contributed by atoms with Crippen LogP contribution in [-0.2, 0) is 4.79 Å². The van der Waals surface area contributed by atoms with Crippen molar-refractivity contribution in [2.24, 2.45) is 9.98 Å². The fourth-order valence-corrected chi connectivity index (χ4v) is 1.32. The second kappa shape index (κ2) is 2.00. The summed E-state index contributed by atoms with van der Waals surface area (Å²) in [5.74, 6) is 0.690. The molecule has 0 fully saturated rings. The zero-order valence-corrected chi connectivity index (χ0v) is 6.38. The summed E-state index contributed by atoms with van der Waals surface area (Å²) in [6.45, 7) is 0. The molecule has 0 saturated carbocycles. The van der Waals surface area contributed by atoms with Gasteiger partial charge in [-0.15, -0.1) is 0 Å². The van der Waals surface area contributed by atoms with E-state index in [1.54, 1.807) is 0 Å². The third-order valence-electron chi connectivity index (χ3n) is 1.90. The SMILES string of the molecule is O=C1Nc2ncnn2C2=NC=NC12. The lowest BCUT2D eigenvalue weighted by molar-refractivity contribution is -0.116. The first kappa shape index (κ1) is 6.46. The van der Waals surface area contributed by atoms with Gasteiger partial charge in [-0.2, -0.15) is 14.8 Å². The number of nitrogens with one attached hydrogen (secondary N) is 1. The molecule has 7 heteroatoms. The molecule has 0 spiro atoms. The highest BCUT2D eigenvalue weighted by Gasteiger charge is 2.35. The number of aromatic nitrogens is 3. The molecule has 0 aromatic carbocycles. The van der Waals surface area contributed by atoms with Crippen LogP contribution in [-0.4, -0.2) is 38.9 Å². The molecule has 1 atom stereocenters. The topological polar surface area (TPSA) is 84.5 Å². The lowest BCUT2D eigenvalue weighted by atomic mass is 10.2. The third-order valence-corrected chi connectivity index (χ3v) is 1.90. The number of nitrogens with zero attached hydrogens (tertiary/aromatic N) is 5. The summed E-state index contributed by atoms with van der Waals surface area (Å²) in [5.41, 5.74) is 0. The number of rotatable bonds is 0. The minimum Gasteiger partial charge on any atom is -0.292 e. The Morgan fingerprint density at radius 3 is 3.38 bits per heavy atom. The smallest absolute Gasteiger partial charge is 0.259 e. The number of hydrogen-bond donors (Lipinski definition) is 1. The lowest BCUT2D eigenvalue weighted by Gasteiger charge is -2.17. The Kier molecular flexibility index (Phi) is 0.996. The molecule has 1 N–H and O–H groups in total. The maximum absolute atomic E-state index is 11.3. The largest absolute Gasteiger partial charge is 0.292 e. The van der Waals surface area contributed by atoms with Crippen LogP contribution in [0.1, 0.15) is 0 Å². The van der Waals surface area contributed by atoms with Crippen LogP contribution in [0.3, 0.4) is 0 Å². The second-order valence-electron chi connectivity index (χ2n) is 2.64. The van der Waals surface area contributed by atoms with Crippen molar-refractivity contribution in [3.05, 3.63) is 6.33 Å². The molecule has 2 aliphatic rings. The van der Waals surface area contributed by atoms with Gasteiger partial charge < -0.3 is 0 Å². The van der Waals surface area contributed by atoms with E-state index in [9.17, 15) is 4.79 Å². The van der Waals surface area contributed by atoms with Crippen LogP contribution in [0.5, 0.6) is 0 Å². The van der Waals surface area contributed by atoms with Crippen molar-refractivity contribution in [1.82, 2.24) is 14.8 Å². The minimum absolute atomic E-state index is 0.215. The van der Waals surface area contributed by atoms with Gasteiger partial charge in [0.15, 0.2) is 11.9 Å². The molecule has 1 aromatic rings. The molecule has 1 unspecified atom stereocenters. The third kappa shape index (κ3) is 0.701. The van der Waals surface area contributed by atoms with Crippen LogP contribution in [0.4, 0.5) is 5.95 Å². The van der Waals surface area contributed by atoms with Crippen LogP contribution in [0.2, 0.25) is 0 Å². The van der Waals surface area contributed by atoms with Gasteiger partial charge in [-0.3, -0.25) is 15.1 Å². The Morgan fingerprint density at radius 1 is 1.54 bits per heavy atom. The van der Waals surface area contributed by atoms with Crippen molar-refractivity contribution in [3.63, 3.8) is 0 Å². The Hall–Kier alpha value is -2.05. The summed E-state index contributed by atoms with van der Waals surface area (Å²) < 4.78 is 1.47. The van der Waals surface area contributed by atoms with E-state index in [2.05, 4.69) is 25.4 Å². The van der Waals surface area contributed by atoms with Crippen molar-refractivity contribution in [1.29, 1.82) is 0 Å². The standard InChI is InChI=1S/C6H4N6O/c13-5-3-4(8-1-7-3)12-6(11-5)9-2-10-12/h1-3H,(H,9,10,11,13). The summed E-state index contributed by atoms with van der Waals surface area (Å²) in [7, 11) is 0. The molecule has 0 radical (unpaired) electrons. The van der Waals surface area contributed by atoms with Crippen molar-refractivity contribution in [2.45, 2.75) is 6.04 Å². The molecule has 64 valence electrons. The van der Waals surface area contributed by atoms with Crippen LogP contribution >= 0.6 is 0 Å². The highest BCUT2D eigenvalue weighted by atomic mass is 16.2. The minimum atomic E-state index is -0.561. The predicted molar refractivity (Wildman–Crippen MR) is 43.8 cm³/mol. The van der Waals surface area contributed by atoms with Gasteiger partial charge in [-0.1, -0.05) is 0 Å².